The SMILES string of the molecule is CC1CN2CC(C)O[Si](C(C)C)(O1)OC(C)C2. The van der Waals surface area contributed by atoms with Gasteiger partial charge < -0.3 is 13.3 Å². The topological polar surface area (TPSA) is 30.9 Å². The Kier molecular flexibility index (Phi) is 3.95. The smallest absolute Gasteiger partial charge is 0.369 e. The van der Waals surface area contributed by atoms with E-state index in [1.54, 1.807) is 0 Å². The van der Waals surface area contributed by atoms with Crippen LogP contribution >= 0.6 is 0 Å². The molecule has 3 fully saturated rings. The summed E-state index contributed by atoms with van der Waals surface area (Å²) in [4.78, 5) is 2.39. The molecule has 3 saturated heterocycles. The molecule has 0 radical (unpaired) electrons. The molecule has 17 heavy (non-hydrogen) atoms. The molecule has 0 spiro atoms. The van der Waals surface area contributed by atoms with Crippen molar-refractivity contribution < 1.29 is 13.3 Å². The molecule has 0 amide bonds. The highest BCUT2D eigenvalue weighted by atomic mass is 28.4. The van der Waals surface area contributed by atoms with Gasteiger partial charge in [-0.3, -0.25) is 4.90 Å². The number of nitrogens with zero attached hydrogens (tertiary/aromatic N) is 1. The third kappa shape index (κ3) is 2.90. The third-order valence-electron chi connectivity index (χ3n) is 3.35. The quantitative estimate of drug-likeness (QED) is 0.673. The van der Waals surface area contributed by atoms with Crippen LogP contribution in [0, 0.1) is 0 Å². The molecule has 5 heteroatoms. The fourth-order valence-corrected chi connectivity index (χ4v) is 5.65. The fourth-order valence-electron chi connectivity index (χ4n) is 2.76. The van der Waals surface area contributed by atoms with Gasteiger partial charge in [0.2, 0.25) is 0 Å². The molecule has 0 N–H and O–H groups in total. The van der Waals surface area contributed by atoms with E-state index >= 15 is 0 Å². The number of rotatable bonds is 1. The lowest BCUT2D eigenvalue weighted by Gasteiger charge is -2.46. The van der Waals surface area contributed by atoms with E-state index in [1.165, 1.54) is 0 Å². The third-order valence-corrected chi connectivity index (χ3v) is 6.96. The maximum Gasteiger partial charge on any atom is 0.504 e. The molecule has 3 aliphatic rings. The maximum atomic E-state index is 6.20. The number of fused-ring (bicyclic) bond motifs is 6. The van der Waals surface area contributed by atoms with Crippen LogP contribution in [-0.2, 0) is 13.3 Å². The van der Waals surface area contributed by atoms with Gasteiger partial charge in [0.15, 0.2) is 0 Å². The van der Waals surface area contributed by atoms with Gasteiger partial charge in [0.1, 0.15) is 0 Å². The Bertz CT molecular complexity index is 238. The van der Waals surface area contributed by atoms with Crippen LogP contribution in [0.2, 0.25) is 5.54 Å². The maximum absolute atomic E-state index is 6.20. The van der Waals surface area contributed by atoms with Gasteiger partial charge in [-0.25, -0.2) is 0 Å². The summed E-state index contributed by atoms with van der Waals surface area (Å²) in [5.74, 6) is 0. The van der Waals surface area contributed by atoms with Gasteiger partial charge in [-0.15, -0.1) is 0 Å². The van der Waals surface area contributed by atoms with Crippen molar-refractivity contribution in [2.24, 2.45) is 0 Å². The molecule has 3 aliphatic heterocycles. The van der Waals surface area contributed by atoms with Gasteiger partial charge in [-0.1, -0.05) is 13.8 Å². The van der Waals surface area contributed by atoms with E-state index in [-0.39, 0.29) is 18.3 Å². The highest BCUT2D eigenvalue weighted by Gasteiger charge is 2.51. The van der Waals surface area contributed by atoms with E-state index in [4.69, 9.17) is 13.3 Å². The van der Waals surface area contributed by atoms with Crippen molar-refractivity contribution in [3.8, 4) is 0 Å². The lowest BCUT2D eigenvalue weighted by molar-refractivity contribution is -0.0826. The molecule has 3 atom stereocenters. The summed E-state index contributed by atoms with van der Waals surface area (Å²) in [5.41, 5.74) is 0.319. The van der Waals surface area contributed by atoms with E-state index in [9.17, 15) is 0 Å². The van der Waals surface area contributed by atoms with E-state index in [0.717, 1.165) is 19.6 Å². The lowest BCUT2D eigenvalue weighted by Crippen LogP contribution is -2.62. The van der Waals surface area contributed by atoms with Crippen LogP contribution in [0.15, 0.2) is 0 Å². The Hall–Kier alpha value is 0.0569. The van der Waals surface area contributed by atoms with E-state index in [1.807, 2.05) is 0 Å². The summed E-state index contributed by atoms with van der Waals surface area (Å²) in [6.07, 6.45) is 0.595. The standard InChI is InChI=1S/C12H25NO3Si/c1-9(2)17-14-10(3)6-13(7-11(4)15-17)8-12(5)16-17/h9-12H,6-8H2,1-5H3. The summed E-state index contributed by atoms with van der Waals surface area (Å²) in [6, 6.07) is 0. The minimum absolute atomic E-state index is 0.198. The zero-order valence-electron chi connectivity index (χ0n) is 11.6. The summed E-state index contributed by atoms with van der Waals surface area (Å²) in [5, 5.41) is 0. The Morgan fingerprint density at radius 2 is 1.24 bits per heavy atom. The van der Waals surface area contributed by atoms with Crippen molar-refractivity contribution in [1.82, 2.24) is 4.90 Å². The Morgan fingerprint density at radius 1 is 0.882 bits per heavy atom. The summed E-state index contributed by atoms with van der Waals surface area (Å²) in [7, 11) is -2.52. The number of hydrogen-bond acceptors (Lipinski definition) is 4. The number of hydrogen-bond donors (Lipinski definition) is 0. The normalized spacial score (nSPS) is 47.6. The molecule has 3 heterocycles. The molecule has 3 unspecified atom stereocenters. The molecular weight excluding hydrogens is 234 g/mol. The second-order valence-corrected chi connectivity index (χ2v) is 8.83. The Balaban J connectivity index is 2.29. The summed E-state index contributed by atoms with van der Waals surface area (Å²) in [6.45, 7) is 13.6. The van der Waals surface area contributed by atoms with Crippen LogP contribution in [0.4, 0.5) is 0 Å². The minimum Gasteiger partial charge on any atom is -0.369 e. The second-order valence-electron chi connectivity index (χ2n) is 5.76. The van der Waals surface area contributed by atoms with Crippen molar-refractivity contribution in [2.75, 3.05) is 19.6 Å². The van der Waals surface area contributed by atoms with E-state index in [0.29, 0.717) is 5.54 Å². The van der Waals surface area contributed by atoms with Crippen molar-refractivity contribution in [3.63, 3.8) is 0 Å². The van der Waals surface area contributed by atoms with Crippen molar-refractivity contribution in [3.05, 3.63) is 0 Å². The van der Waals surface area contributed by atoms with Crippen LogP contribution in [0.25, 0.3) is 0 Å². The predicted octanol–water partition coefficient (Wildman–Crippen LogP) is 1.88. The largest absolute Gasteiger partial charge is 0.504 e. The van der Waals surface area contributed by atoms with Crippen molar-refractivity contribution in [2.45, 2.75) is 58.5 Å². The van der Waals surface area contributed by atoms with Gasteiger partial charge in [0, 0.05) is 25.2 Å². The van der Waals surface area contributed by atoms with Gasteiger partial charge in [-0.05, 0) is 20.8 Å². The summed E-state index contributed by atoms with van der Waals surface area (Å²) < 4.78 is 18.6. The molecule has 4 nitrogen and oxygen atoms in total. The van der Waals surface area contributed by atoms with Crippen LogP contribution in [0.1, 0.15) is 34.6 Å². The zero-order valence-corrected chi connectivity index (χ0v) is 12.6. The highest BCUT2D eigenvalue weighted by molar-refractivity contribution is 6.62. The van der Waals surface area contributed by atoms with E-state index < -0.39 is 8.80 Å². The van der Waals surface area contributed by atoms with Crippen LogP contribution in [0.3, 0.4) is 0 Å². The zero-order chi connectivity index (χ0) is 12.6. The molecule has 0 aromatic rings. The highest BCUT2D eigenvalue weighted by Crippen LogP contribution is 2.32. The fraction of sp³-hybridized carbons (Fsp3) is 1.00. The van der Waals surface area contributed by atoms with Crippen molar-refractivity contribution in [1.29, 1.82) is 0 Å². The average molecular weight is 259 g/mol. The van der Waals surface area contributed by atoms with Crippen LogP contribution in [-0.4, -0.2) is 51.7 Å². The lowest BCUT2D eigenvalue weighted by atomic mass is 10.2. The first kappa shape index (κ1) is 13.5. The average Bonchev–Trinajstić information content (AvgIpc) is 2.11. The monoisotopic (exact) mass is 259 g/mol. The van der Waals surface area contributed by atoms with Gasteiger partial charge in [-0.2, -0.15) is 0 Å². The second kappa shape index (κ2) is 4.97. The first-order valence-electron chi connectivity index (χ1n) is 6.67. The molecule has 0 aliphatic carbocycles. The van der Waals surface area contributed by atoms with Crippen LogP contribution < -0.4 is 0 Å². The Morgan fingerprint density at radius 3 is 1.53 bits per heavy atom. The molecule has 0 aromatic carbocycles. The van der Waals surface area contributed by atoms with Gasteiger partial charge >= 0.3 is 8.80 Å². The first-order chi connectivity index (χ1) is 7.91. The molecule has 0 saturated carbocycles. The molecule has 0 aromatic heterocycles. The predicted molar refractivity (Wildman–Crippen MR) is 68.9 cm³/mol. The minimum atomic E-state index is -2.52. The van der Waals surface area contributed by atoms with Crippen LogP contribution in [0.5, 0.6) is 0 Å². The first-order valence-corrected chi connectivity index (χ1v) is 8.47. The van der Waals surface area contributed by atoms with Gasteiger partial charge in [0.25, 0.3) is 0 Å². The van der Waals surface area contributed by atoms with Crippen molar-refractivity contribution >= 4 is 8.80 Å². The molecule has 2 bridgehead atoms. The van der Waals surface area contributed by atoms with Gasteiger partial charge in [0.05, 0.1) is 18.3 Å². The molecule has 100 valence electrons. The summed E-state index contributed by atoms with van der Waals surface area (Å²) >= 11 is 0. The molecular formula is C12H25NO3Si. The Labute approximate surface area is 106 Å². The molecule has 3 rings (SSSR count). The van der Waals surface area contributed by atoms with E-state index in [2.05, 4.69) is 39.5 Å².